The van der Waals surface area contributed by atoms with Gasteiger partial charge in [0.05, 0.1) is 26.9 Å². The van der Waals surface area contributed by atoms with E-state index in [2.05, 4.69) is 4.90 Å². The van der Waals surface area contributed by atoms with Gasteiger partial charge in [-0.3, -0.25) is 9.69 Å². The summed E-state index contributed by atoms with van der Waals surface area (Å²) in [6.45, 7) is 3.85. The number of amides is 1. The number of carbonyl (C=O) groups is 1. The molecule has 7 heteroatoms. The summed E-state index contributed by atoms with van der Waals surface area (Å²) in [7, 11) is 4.86. The van der Waals surface area contributed by atoms with Gasteiger partial charge in [-0.05, 0) is 17.5 Å². The quantitative estimate of drug-likeness (QED) is 0.776. The molecule has 140 valence electrons. The highest BCUT2D eigenvalue weighted by molar-refractivity contribution is 7.08. The van der Waals surface area contributed by atoms with Gasteiger partial charge in [-0.25, -0.2) is 0 Å². The molecule has 2 heterocycles. The third-order valence-electron chi connectivity index (χ3n) is 4.61. The van der Waals surface area contributed by atoms with Gasteiger partial charge in [0.15, 0.2) is 11.5 Å². The van der Waals surface area contributed by atoms with Gasteiger partial charge in [0.25, 0.3) is 5.91 Å². The monoisotopic (exact) mass is 376 g/mol. The molecule has 1 aromatic carbocycles. The Balaban J connectivity index is 1.65. The van der Waals surface area contributed by atoms with Gasteiger partial charge in [0.1, 0.15) is 0 Å². The first-order chi connectivity index (χ1) is 12.7. The molecule has 1 fully saturated rings. The summed E-state index contributed by atoms with van der Waals surface area (Å²) < 4.78 is 16.4. The molecule has 3 rings (SSSR count). The van der Waals surface area contributed by atoms with Crippen LogP contribution in [0.4, 0.5) is 0 Å². The summed E-state index contributed by atoms with van der Waals surface area (Å²) in [5, 5.41) is 3.84. The van der Waals surface area contributed by atoms with Crippen LogP contribution >= 0.6 is 11.3 Å². The predicted molar refractivity (Wildman–Crippen MR) is 102 cm³/mol. The van der Waals surface area contributed by atoms with Crippen molar-refractivity contribution in [2.45, 2.75) is 6.54 Å². The third-order valence-corrected chi connectivity index (χ3v) is 5.29. The van der Waals surface area contributed by atoms with Crippen molar-refractivity contribution < 1.29 is 19.0 Å². The number of nitrogens with zero attached hydrogens (tertiary/aromatic N) is 2. The van der Waals surface area contributed by atoms with Gasteiger partial charge >= 0.3 is 0 Å². The van der Waals surface area contributed by atoms with Gasteiger partial charge in [-0.15, -0.1) is 0 Å². The van der Waals surface area contributed by atoms with Crippen molar-refractivity contribution in [3.05, 3.63) is 40.1 Å². The van der Waals surface area contributed by atoms with E-state index in [0.29, 0.717) is 17.2 Å². The minimum absolute atomic E-state index is 0.120. The van der Waals surface area contributed by atoms with E-state index < -0.39 is 0 Å². The van der Waals surface area contributed by atoms with Gasteiger partial charge in [0.2, 0.25) is 5.75 Å². The van der Waals surface area contributed by atoms with Crippen LogP contribution in [-0.4, -0.2) is 63.2 Å². The largest absolute Gasteiger partial charge is 0.493 e. The standard InChI is InChI=1S/C19H24N2O4S/c1-23-16-5-4-14(17(24-2)18(16)25-3)12-20-7-9-21(10-8-20)19(22)15-6-11-26-13-15/h4-6,11,13H,7-10,12H2,1-3H3. The first-order valence-corrected chi connectivity index (χ1v) is 9.44. The zero-order valence-electron chi connectivity index (χ0n) is 15.4. The number of hydrogen-bond acceptors (Lipinski definition) is 6. The Bertz CT molecular complexity index is 740. The van der Waals surface area contributed by atoms with Crippen LogP contribution in [0.3, 0.4) is 0 Å². The number of ether oxygens (including phenoxy) is 3. The molecule has 6 nitrogen and oxygen atoms in total. The van der Waals surface area contributed by atoms with Crippen LogP contribution in [0.2, 0.25) is 0 Å². The molecule has 0 N–H and O–H groups in total. The van der Waals surface area contributed by atoms with Gasteiger partial charge in [-0.1, -0.05) is 6.07 Å². The molecular formula is C19H24N2O4S. The third kappa shape index (κ3) is 3.78. The first kappa shape index (κ1) is 18.5. The van der Waals surface area contributed by atoms with Crippen LogP contribution in [0, 0.1) is 0 Å². The zero-order valence-corrected chi connectivity index (χ0v) is 16.2. The van der Waals surface area contributed by atoms with Crippen molar-refractivity contribution in [2.75, 3.05) is 47.5 Å². The smallest absolute Gasteiger partial charge is 0.254 e. The predicted octanol–water partition coefficient (Wildman–Crippen LogP) is 2.73. The van der Waals surface area contributed by atoms with Crippen molar-refractivity contribution in [2.24, 2.45) is 0 Å². The minimum Gasteiger partial charge on any atom is -0.493 e. The number of piperazine rings is 1. The van der Waals surface area contributed by atoms with E-state index in [-0.39, 0.29) is 5.91 Å². The van der Waals surface area contributed by atoms with Crippen LogP contribution in [0.1, 0.15) is 15.9 Å². The molecule has 26 heavy (non-hydrogen) atoms. The maximum atomic E-state index is 12.4. The summed E-state index contributed by atoms with van der Waals surface area (Å²) >= 11 is 1.55. The molecule has 0 saturated carbocycles. The Kier molecular flexibility index (Phi) is 6.00. The van der Waals surface area contributed by atoms with E-state index in [1.807, 2.05) is 33.9 Å². The molecule has 1 aliphatic heterocycles. The van der Waals surface area contributed by atoms with Crippen LogP contribution in [-0.2, 0) is 6.54 Å². The molecule has 1 aromatic heterocycles. The second-order valence-electron chi connectivity index (χ2n) is 6.07. The maximum Gasteiger partial charge on any atom is 0.254 e. The molecule has 2 aromatic rings. The maximum absolute atomic E-state index is 12.4. The van der Waals surface area contributed by atoms with E-state index >= 15 is 0 Å². The molecule has 0 unspecified atom stereocenters. The highest BCUT2D eigenvalue weighted by Gasteiger charge is 2.24. The number of methoxy groups -OCH3 is 3. The molecule has 0 bridgehead atoms. The molecule has 1 amide bonds. The Morgan fingerprint density at radius 3 is 2.31 bits per heavy atom. The number of hydrogen-bond donors (Lipinski definition) is 0. The fourth-order valence-electron chi connectivity index (χ4n) is 3.21. The highest BCUT2D eigenvalue weighted by atomic mass is 32.1. The number of benzene rings is 1. The van der Waals surface area contributed by atoms with Crippen LogP contribution in [0.15, 0.2) is 29.0 Å². The average Bonchev–Trinajstić information content (AvgIpc) is 3.22. The molecular weight excluding hydrogens is 352 g/mol. The fraction of sp³-hybridized carbons (Fsp3) is 0.421. The summed E-state index contributed by atoms with van der Waals surface area (Å²) in [6, 6.07) is 5.78. The van der Waals surface area contributed by atoms with Crippen LogP contribution in [0.5, 0.6) is 17.2 Å². The average molecular weight is 376 g/mol. The van der Waals surface area contributed by atoms with E-state index in [4.69, 9.17) is 14.2 Å². The van der Waals surface area contributed by atoms with Crippen molar-refractivity contribution in [3.63, 3.8) is 0 Å². The molecule has 0 atom stereocenters. The highest BCUT2D eigenvalue weighted by Crippen LogP contribution is 2.40. The Morgan fingerprint density at radius 2 is 1.73 bits per heavy atom. The lowest BCUT2D eigenvalue weighted by Gasteiger charge is -2.35. The summed E-state index contributed by atoms with van der Waals surface area (Å²) in [5.74, 6) is 2.08. The van der Waals surface area contributed by atoms with Crippen molar-refractivity contribution >= 4 is 17.2 Å². The SMILES string of the molecule is COc1ccc(CN2CCN(C(=O)c3ccsc3)CC2)c(OC)c1OC. The molecule has 1 aliphatic rings. The number of rotatable bonds is 6. The topological polar surface area (TPSA) is 51.2 Å². The minimum atomic E-state index is 0.120. The van der Waals surface area contributed by atoms with E-state index in [1.165, 1.54) is 0 Å². The van der Waals surface area contributed by atoms with Crippen LogP contribution in [0.25, 0.3) is 0 Å². The van der Waals surface area contributed by atoms with Gasteiger partial charge in [0, 0.05) is 43.7 Å². The Hall–Kier alpha value is -2.25. The summed E-state index contributed by atoms with van der Waals surface area (Å²) in [6.07, 6.45) is 0. The summed E-state index contributed by atoms with van der Waals surface area (Å²) in [4.78, 5) is 16.7. The molecule has 0 radical (unpaired) electrons. The van der Waals surface area contributed by atoms with Crippen molar-refractivity contribution in [1.29, 1.82) is 0 Å². The molecule has 1 saturated heterocycles. The molecule has 0 spiro atoms. The van der Waals surface area contributed by atoms with E-state index in [0.717, 1.165) is 43.9 Å². The normalized spacial score (nSPS) is 15.0. The van der Waals surface area contributed by atoms with Gasteiger partial charge in [-0.2, -0.15) is 11.3 Å². The van der Waals surface area contributed by atoms with Gasteiger partial charge < -0.3 is 19.1 Å². The van der Waals surface area contributed by atoms with E-state index in [9.17, 15) is 4.79 Å². The second kappa shape index (κ2) is 8.42. The first-order valence-electron chi connectivity index (χ1n) is 8.49. The van der Waals surface area contributed by atoms with Crippen LogP contribution < -0.4 is 14.2 Å². The fourth-order valence-corrected chi connectivity index (χ4v) is 3.84. The Morgan fingerprint density at radius 1 is 1.00 bits per heavy atom. The number of thiophene rings is 1. The van der Waals surface area contributed by atoms with Crippen molar-refractivity contribution in [1.82, 2.24) is 9.80 Å². The lowest BCUT2D eigenvalue weighted by molar-refractivity contribution is 0.0628. The van der Waals surface area contributed by atoms with E-state index in [1.54, 1.807) is 32.7 Å². The number of carbonyl (C=O) groups excluding carboxylic acids is 1. The summed E-state index contributed by atoms with van der Waals surface area (Å²) in [5.41, 5.74) is 1.83. The Labute approximate surface area is 157 Å². The second-order valence-corrected chi connectivity index (χ2v) is 6.85. The van der Waals surface area contributed by atoms with Crippen molar-refractivity contribution in [3.8, 4) is 17.2 Å². The lowest BCUT2D eigenvalue weighted by atomic mass is 10.1. The zero-order chi connectivity index (χ0) is 18.5. The molecule has 0 aliphatic carbocycles. The lowest BCUT2D eigenvalue weighted by Crippen LogP contribution is -2.48.